The molecule has 0 aliphatic rings. The number of hydrogen-bond donors (Lipinski definition) is 2. The summed E-state index contributed by atoms with van der Waals surface area (Å²) in [6.45, 7) is 2.86. The van der Waals surface area contributed by atoms with E-state index in [9.17, 15) is 0 Å². The molecule has 0 unspecified atom stereocenters. The number of para-hydroxylation sites is 2. The van der Waals surface area contributed by atoms with Crippen molar-refractivity contribution in [3.05, 3.63) is 66.4 Å². The SMILES string of the molecule is CCOc1ccccc1Oc1ccc(CN=C(N)Nc2ccc(OC)c(OC)c2)cn1. The molecule has 1 heterocycles. The Morgan fingerprint density at radius 2 is 1.74 bits per heavy atom. The molecule has 1 aromatic heterocycles. The first kappa shape index (κ1) is 21.8. The Labute approximate surface area is 181 Å². The minimum atomic E-state index is 0.276. The molecule has 0 aliphatic carbocycles. The first-order valence-corrected chi connectivity index (χ1v) is 9.76. The van der Waals surface area contributed by atoms with E-state index in [2.05, 4.69) is 15.3 Å². The van der Waals surface area contributed by atoms with Crippen molar-refractivity contribution in [2.75, 3.05) is 26.1 Å². The second kappa shape index (κ2) is 10.7. The van der Waals surface area contributed by atoms with Gasteiger partial charge in [-0.05, 0) is 36.8 Å². The molecule has 0 fully saturated rings. The topological polar surface area (TPSA) is 100 Å². The van der Waals surface area contributed by atoms with Gasteiger partial charge in [-0.15, -0.1) is 0 Å². The molecule has 3 aromatic rings. The smallest absolute Gasteiger partial charge is 0.219 e. The maximum atomic E-state index is 6.00. The number of aliphatic imine (C=N–C) groups is 1. The van der Waals surface area contributed by atoms with Crippen molar-refractivity contribution in [2.24, 2.45) is 10.7 Å². The van der Waals surface area contributed by atoms with E-state index in [1.807, 2.05) is 43.3 Å². The zero-order valence-corrected chi connectivity index (χ0v) is 17.8. The Morgan fingerprint density at radius 1 is 0.968 bits per heavy atom. The number of rotatable bonds is 9. The average molecular weight is 422 g/mol. The van der Waals surface area contributed by atoms with E-state index >= 15 is 0 Å². The van der Waals surface area contributed by atoms with Gasteiger partial charge in [-0.3, -0.25) is 0 Å². The number of anilines is 1. The average Bonchev–Trinajstić information content (AvgIpc) is 2.80. The molecule has 0 radical (unpaired) electrons. The molecule has 0 atom stereocenters. The summed E-state index contributed by atoms with van der Waals surface area (Å²) in [6, 6.07) is 16.6. The highest BCUT2D eigenvalue weighted by Crippen LogP contribution is 2.31. The second-order valence-electron chi connectivity index (χ2n) is 6.38. The largest absolute Gasteiger partial charge is 0.493 e. The molecule has 3 rings (SSSR count). The zero-order chi connectivity index (χ0) is 22.1. The summed E-state index contributed by atoms with van der Waals surface area (Å²) >= 11 is 0. The Kier molecular flexibility index (Phi) is 7.53. The highest BCUT2D eigenvalue weighted by atomic mass is 16.5. The van der Waals surface area contributed by atoms with Crippen LogP contribution in [0.15, 0.2) is 65.8 Å². The second-order valence-corrected chi connectivity index (χ2v) is 6.38. The van der Waals surface area contributed by atoms with E-state index < -0.39 is 0 Å². The van der Waals surface area contributed by atoms with Crippen LogP contribution in [0.4, 0.5) is 5.69 Å². The molecule has 8 heteroatoms. The summed E-state index contributed by atoms with van der Waals surface area (Å²) in [4.78, 5) is 8.69. The molecule has 162 valence electrons. The summed E-state index contributed by atoms with van der Waals surface area (Å²) in [5.74, 6) is 3.28. The van der Waals surface area contributed by atoms with E-state index in [0.29, 0.717) is 42.0 Å². The van der Waals surface area contributed by atoms with Crippen LogP contribution in [0.25, 0.3) is 0 Å². The quantitative estimate of drug-likeness (QED) is 0.393. The molecule has 8 nitrogen and oxygen atoms in total. The first-order chi connectivity index (χ1) is 15.1. The number of methoxy groups -OCH3 is 2. The number of hydrogen-bond acceptors (Lipinski definition) is 6. The zero-order valence-electron chi connectivity index (χ0n) is 17.8. The minimum absolute atomic E-state index is 0.276. The fraction of sp³-hybridized carbons (Fsp3) is 0.217. The van der Waals surface area contributed by atoms with Gasteiger partial charge in [-0.25, -0.2) is 9.98 Å². The lowest BCUT2D eigenvalue weighted by Crippen LogP contribution is -2.22. The van der Waals surface area contributed by atoms with Crippen LogP contribution in [0.5, 0.6) is 28.9 Å². The van der Waals surface area contributed by atoms with Gasteiger partial charge in [0, 0.05) is 24.0 Å². The van der Waals surface area contributed by atoms with Gasteiger partial charge in [0.2, 0.25) is 5.88 Å². The van der Waals surface area contributed by atoms with Crippen molar-refractivity contribution in [3.8, 4) is 28.9 Å². The van der Waals surface area contributed by atoms with Crippen molar-refractivity contribution in [1.29, 1.82) is 0 Å². The van der Waals surface area contributed by atoms with Crippen molar-refractivity contribution >= 4 is 11.6 Å². The van der Waals surface area contributed by atoms with E-state index in [1.165, 1.54) is 0 Å². The minimum Gasteiger partial charge on any atom is -0.493 e. The third-order valence-corrected chi connectivity index (χ3v) is 4.25. The van der Waals surface area contributed by atoms with E-state index in [0.717, 1.165) is 11.3 Å². The van der Waals surface area contributed by atoms with Crippen LogP contribution in [0.1, 0.15) is 12.5 Å². The summed E-state index contributed by atoms with van der Waals surface area (Å²) in [7, 11) is 3.16. The molecule has 0 spiro atoms. The fourth-order valence-corrected chi connectivity index (χ4v) is 2.76. The third kappa shape index (κ3) is 6.02. The molecular weight excluding hydrogens is 396 g/mol. The highest BCUT2D eigenvalue weighted by molar-refractivity contribution is 5.92. The van der Waals surface area contributed by atoms with Gasteiger partial charge >= 0.3 is 0 Å². The predicted molar refractivity (Wildman–Crippen MR) is 120 cm³/mol. The molecule has 2 aromatic carbocycles. The Bertz CT molecular complexity index is 1020. The third-order valence-electron chi connectivity index (χ3n) is 4.25. The van der Waals surface area contributed by atoms with Crippen LogP contribution in [0, 0.1) is 0 Å². The molecule has 0 saturated heterocycles. The van der Waals surface area contributed by atoms with Crippen molar-refractivity contribution in [3.63, 3.8) is 0 Å². The Balaban J connectivity index is 1.60. The maximum Gasteiger partial charge on any atom is 0.219 e. The predicted octanol–water partition coefficient (Wildman–Crippen LogP) is 4.22. The number of ether oxygens (including phenoxy) is 4. The summed E-state index contributed by atoms with van der Waals surface area (Å²) in [5, 5.41) is 3.03. The Hall–Kier alpha value is -3.94. The van der Waals surface area contributed by atoms with Gasteiger partial charge in [-0.1, -0.05) is 18.2 Å². The summed E-state index contributed by atoms with van der Waals surface area (Å²) < 4.78 is 21.9. The van der Waals surface area contributed by atoms with Crippen LogP contribution in [-0.2, 0) is 6.54 Å². The standard InChI is InChI=1S/C23H26N4O4/c1-4-30-19-7-5-6-8-20(19)31-22-12-9-16(14-25-22)15-26-23(24)27-17-10-11-18(28-2)21(13-17)29-3/h5-14H,4,15H2,1-3H3,(H3,24,26,27). The number of pyridine rings is 1. The molecule has 0 aliphatic heterocycles. The lowest BCUT2D eigenvalue weighted by Gasteiger charge is -2.11. The number of nitrogens with zero attached hydrogens (tertiary/aromatic N) is 2. The van der Waals surface area contributed by atoms with Gasteiger partial charge in [-0.2, -0.15) is 0 Å². The maximum absolute atomic E-state index is 6.00. The molecule has 3 N–H and O–H groups in total. The fourth-order valence-electron chi connectivity index (χ4n) is 2.76. The van der Waals surface area contributed by atoms with Gasteiger partial charge in [0.05, 0.1) is 27.4 Å². The summed E-state index contributed by atoms with van der Waals surface area (Å²) in [5.41, 5.74) is 7.64. The lowest BCUT2D eigenvalue weighted by atomic mass is 10.2. The summed E-state index contributed by atoms with van der Waals surface area (Å²) in [6.07, 6.45) is 1.70. The molecule has 0 saturated carbocycles. The van der Waals surface area contributed by atoms with Crippen LogP contribution < -0.4 is 30.0 Å². The molecule has 31 heavy (non-hydrogen) atoms. The van der Waals surface area contributed by atoms with Gasteiger partial charge < -0.3 is 30.0 Å². The van der Waals surface area contributed by atoms with E-state index in [1.54, 1.807) is 38.6 Å². The van der Waals surface area contributed by atoms with Gasteiger partial charge in [0.15, 0.2) is 29.0 Å². The first-order valence-electron chi connectivity index (χ1n) is 9.76. The number of benzene rings is 2. The number of nitrogens with two attached hydrogens (primary N) is 1. The monoisotopic (exact) mass is 422 g/mol. The van der Waals surface area contributed by atoms with Gasteiger partial charge in [0.25, 0.3) is 0 Å². The molecule has 0 amide bonds. The Morgan fingerprint density at radius 3 is 2.42 bits per heavy atom. The van der Waals surface area contributed by atoms with Crippen LogP contribution in [0.2, 0.25) is 0 Å². The molecular formula is C23H26N4O4. The van der Waals surface area contributed by atoms with E-state index in [4.69, 9.17) is 24.7 Å². The van der Waals surface area contributed by atoms with E-state index in [-0.39, 0.29) is 5.96 Å². The van der Waals surface area contributed by atoms with Crippen LogP contribution in [0.3, 0.4) is 0 Å². The lowest BCUT2D eigenvalue weighted by molar-refractivity contribution is 0.319. The van der Waals surface area contributed by atoms with Crippen molar-refractivity contribution < 1.29 is 18.9 Å². The number of guanidine groups is 1. The van der Waals surface area contributed by atoms with Crippen LogP contribution >= 0.6 is 0 Å². The number of aromatic nitrogens is 1. The highest BCUT2D eigenvalue weighted by Gasteiger charge is 2.07. The normalized spacial score (nSPS) is 11.0. The molecule has 0 bridgehead atoms. The van der Waals surface area contributed by atoms with Crippen molar-refractivity contribution in [2.45, 2.75) is 13.5 Å². The van der Waals surface area contributed by atoms with Gasteiger partial charge in [0.1, 0.15) is 0 Å². The number of nitrogens with one attached hydrogen (secondary N) is 1. The van der Waals surface area contributed by atoms with Crippen LogP contribution in [-0.4, -0.2) is 31.8 Å². The van der Waals surface area contributed by atoms with Crippen molar-refractivity contribution in [1.82, 2.24) is 4.98 Å².